The van der Waals surface area contributed by atoms with Crippen LogP contribution in [0.25, 0.3) is 0 Å². The van der Waals surface area contributed by atoms with Gasteiger partial charge in [0.15, 0.2) is 0 Å². The maximum Gasteiger partial charge on any atom is 0.339 e. The molecule has 0 bridgehead atoms. The zero-order chi connectivity index (χ0) is 20.8. The number of hydrogen-bond acceptors (Lipinski definition) is 6. The molecule has 1 aliphatic heterocycles. The lowest BCUT2D eigenvalue weighted by Gasteiger charge is -2.38. The molecule has 7 nitrogen and oxygen atoms in total. The zero-order valence-electron chi connectivity index (χ0n) is 16.6. The quantitative estimate of drug-likeness (QED) is 0.667. The lowest BCUT2D eigenvalue weighted by molar-refractivity contribution is -0.120. The number of ether oxygens (including phenoxy) is 1. The number of aromatic nitrogens is 1. The van der Waals surface area contributed by atoms with Crippen LogP contribution in [0.4, 0.5) is 11.5 Å². The van der Waals surface area contributed by atoms with Crippen LogP contribution in [-0.4, -0.2) is 60.6 Å². The van der Waals surface area contributed by atoms with E-state index in [1.807, 2.05) is 37.3 Å². The highest BCUT2D eigenvalue weighted by Crippen LogP contribution is 2.18. The molecule has 3 rings (SSSR count). The Balaban J connectivity index is 1.53. The highest BCUT2D eigenvalue weighted by molar-refractivity contribution is 9.10. The summed E-state index contributed by atoms with van der Waals surface area (Å²) in [5.74, 6) is 0.444. The minimum absolute atomic E-state index is 0.0199. The molecule has 1 fully saturated rings. The minimum atomic E-state index is -0.360. The first-order chi connectivity index (χ1) is 14.0. The molecular weight excluding hydrogens is 436 g/mol. The van der Waals surface area contributed by atoms with Gasteiger partial charge in [-0.05, 0) is 44.2 Å². The maximum atomic E-state index is 12.6. The third-order valence-corrected chi connectivity index (χ3v) is 5.41. The van der Waals surface area contributed by atoms with Crippen molar-refractivity contribution in [3.63, 3.8) is 0 Å². The fourth-order valence-corrected chi connectivity index (χ4v) is 3.62. The van der Waals surface area contributed by atoms with Crippen LogP contribution in [0.2, 0.25) is 0 Å². The second kappa shape index (κ2) is 9.84. The molecule has 1 aromatic heterocycles. The van der Waals surface area contributed by atoms with Crippen molar-refractivity contribution >= 4 is 39.3 Å². The van der Waals surface area contributed by atoms with Crippen molar-refractivity contribution in [3.05, 3.63) is 52.6 Å². The number of esters is 1. The minimum Gasteiger partial charge on any atom is -0.462 e. The van der Waals surface area contributed by atoms with E-state index in [1.54, 1.807) is 19.2 Å². The van der Waals surface area contributed by atoms with Crippen LogP contribution in [0.3, 0.4) is 0 Å². The third kappa shape index (κ3) is 5.55. The Morgan fingerprint density at radius 3 is 2.59 bits per heavy atom. The molecule has 1 atom stereocenters. The number of nitrogens with one attached hydrogen (secondary N) is 1. The number of halogens is 1. The number of carbonyl (C=O) groups is 2. The van der Waals surface area contributed by atoms with Crippen molar-refractivity contribution in [2.75, 3.05) is 43.0 Å². The number of rotatable bonds is 6. The van der Waals surface area contributed by atoms with Crippen LogP contribution in [0.5, 0.6) is 0 Å². The van der Waals surface area contributed by atoms with Gasteiger partial charge in [-0.2, -0.15) is 0 Å². The van der Waals surface area contributed by atoms with Gasteiger partial charge in [-0.15, -0.1) is 0 Å². The molecule has 1 N–H and O–H groups in total. The Kier molecular flexibility index (Phi) is 7.22. The molecule has 1 aliphatic rings. The Morgan fingerprint density at radius 2 is 1.97 bits per heavy atom. The molecule has 0 spiro atoms. The molecule has 1 aromatic carbocycles. The molecule has 154 valence electrons. The van der Waals surface area contributed by atoms with Gasteiger partial charge in [-0.1, -0.05) is 22.0 Å². The zero-order valence-corrected chi connectivity index (χ0v) is 18.2. The first kappa shape index (κ1) is 21.3. The normalized spacial score (nSPS) is 15.6. The molecule has 8 heteroatoms. The maximum absolute atomic E-state index is 12.6. The number of nitrogens with zero attached hydrogens (tertiary/aromatic N) is 3. The second-order valence-corrected chi connectivity index (χ2v) is 7.74. The summed E-state index contributed by atoms with van der Waals surface area (Å²) >= 11 is 3.42. The smallest absolute Gasteiger partial charge is 0.339 e. The van der Waals surface area contributed by atoms with E-state index in [4.69, 9.17) is 4.74 Å². The number of benzene rings is 1. The van der Waals surface area contributed by atoms with Gasteiger partial charge in [-0.25, -0.2) is 9.78 Å². The third-order valence-electron chi connectivity index (χ3n) is 4.92. The van der Waals surface area contributed by atoms with Gasteiger partial charge >= 0.3 is 5.97 Å². The summed E-state index contributed by atoms with van der Waals surface area (Å²) in [5.41, 5.74) is 1.23. The molecule has 29 heavy (non-hydrogen) atoms. The molecule has 0 aliphatic carbocycles. The molecule has 1 amide bonds. The average Bonchev–Trinajstić information content (AvgIpc) is 2.73. The summed E-state index contributed by atoms with van der Waals surface area (Å²) in [4.78, 5) is 33.1. The molecule has 1 saturated heterocycles. The largest absolute Gasteiger partial charge is 0.462 e. The van der Waals surface area contributed by atoms with Crippen molar-refractivity contribution in [1.82, 2.24) is 9.88 Å². The molecular formula is C21H25BrN4O3. The van der Waals surface area contributed by atoms with Crippen LogP contribution in [0, 0.1) is 0 Å². The van der Waals surface area contributed by atoms with E-state index < -0.39 is 0 Å². The van der Waals surface area contributed by atoms with Gasteiger partial charge < -0.3 is 15.0 Å². The Hall–Kier alpha value is -2.45. The number of pyridine rings is 1. The SMILES string of the molecule is CCOC(=O)c1ccc(N2CCN([C@@H](C)C(=O)Nc3cccc(Br)c3)CC2)nc1. The fourth-order valence-electron chi connectivity index (χ4n) is 3.23. The highest BCUT2D eigenvalue weighted by atomic mass is 79.9. The van der Waals surface area contributed by atoms with Gasteiger partial charge in [0.1, 0.15) is 5.82 Å². The predicted molar refractivity (Wildman–Crippen MR) is 116 cm³/mol. The van der Waals surface area contributed by atoms with E-state index in [1.165, 1.54) is 0 Å². The van der Waals surface area contributed by atoms with Crippen molar-refractivity contribution < 1.29 is 14.3 Å². The van der Waals surface area contributed by atoms with Crippen molar-refractivity contribution in [1.29, 1.82) is 0 Å². The first-order valence-corrected chi connectivity index (χ1v) is 10.5. The van der Waals surface area contributed by atoms with E-state index in [0.717, 1.165) is 42.2 Å². The molecule has 0 unspecified atom stereocenters. The van der Waals surface area contributed by atoms with Gasteiger partial charge in [0.05, 0.1) is 18.2 Å². The van der Waals surface area contributed by atoms with E-state index in [0.29, 0.717) is 12.2 Å². The van der Waals surface area contributed by atoms with Gasteiger partial charge in [0.2, 0.25) is 5.91 Å². The summed E-state index contributed by atoms with van der Waals surface area (Å²) in [6.45, 7) is 7.09. The molecule has 0 radical (unpaired) electrons. The second-order valence-electron chi connectivity index (χ2n) is 6.82. The lowest BCUT2D eigenvalue weighted by atomic mass is 10.2. The topological polar surface area (TPSA) is 74.8 Å². The Morgan fingerprint density at radius 1 is 1.21 bits per heavy atom. The van der Waals surface area contributed by atoms with Crippen LogP contribution >= 0.6 is 15.9 Å². The molecule has 2 aromatic rings. The average molecular weight is 461 g/mol. The summed E-state index contributed by atoms with van der Waals surface area (Å²) in [7, 11) is 0. The van der Waals surface area contributed by atoms with E-state index in [9.17, 15) is 9.59 Å². The van der Waals surface area contributed by atoms with E-state index in [2.05, 4.69) is 36.0 Å². The van der Waals surface area contributed by atoms with Gasteiger partial charge in [0, 0.05) is 42.5 Å². The summed E-state index contributed by atoms with van der Waals surface area (Å²) < 4.78 is 5.91. The molecule has 2 heterocycles. The fraction of sp³-hybridized carbons (Fsp3) is 0.381. The van der Waals surface area contributed by atoms with Crippen LogP contribution in [0.15, 0.2) is 47.1 Å². The Bertz CT molecular complexity index is 851. The number of piperazine rings is 1. The first-order valence-electron chi connectivity index (χ1n) is 9.66. The van der Waals surface area contributed by atoms with Crippen LogP contribution in [0.1, 0.15) is 24.2 Å². The predicted octanol–water partition coefficient (Wildman–Crippen LogP) is 3.17. The molecule has 0 saturated carbocycles. The lowest BCUT2D eigenvalue weighted by Crippen LogP contribution is -2.53. The Labute approximate surface area is 179 Å². The van der Waals surface area contributed by atoms with Crippen molar-refractivity contribution in [2.45, 2.75) is 19.9 Å². The number of amides is 1. The van der Waals surface area contributed by atoms with E-state index in [-0.39, 0.29) is 17.9 Å². The van der Waals surface area contributed by atoms with Crippen LogP contribution in [-0.2, 0) is 9.53 Å². The standard InChI is InChI=1S/C21H25BrN4O3/c1-3-29-21(28)16-7-8-19(23-14-16)26-11-9-25(10-12-26)15(2)20(27)24-18-6-4-5-17(22)13-18/h4-8,13-15H,3,9-12H2,1-2H3,(H,24,27)/t15-/m0/s1. The van der Waals surface area contributed by atoms with Gasteiger partial charge in [-0.3, -0.25) is 9.69 Å². The van der Waals surface area contributed by atoms with Crippen LogP contribution < -0.4 is 10.2 Å². The summed E-state index contributed by atoms with van der Waals surface area (Å²) in [6.07, 6.45) is 1.55. The van der Waals surface area contributed by atoms with Crippen molar-refractivity contribution in [2.24, 2.45) is 0 Å². The highest BCUT2D eigenvalue weighted by Gasteiger charge is 2.26. The monoisotopic (exact) mass is 460 g/mol. The van der Waals surface area contributed by atoms with Gasteiger partial charge in [0.25, 0.3) is 0 Å². The van der Waals surface area contributed by atoms with Crippen molar-refractivity contribution in [3.8, 4) is 0 Å². The summed E-state index contributed by atoms with van der Waals surface area (Å²) in [5, 5.41) is 2.97. The number of anilines is 2. The number of hydrogen-bond donors (Lipinski definition) is 1. The number of carbonyl (C=O) groups excluding carboxylic acids is 2. The summed E-state index contributed by atoms with van der Waals surface area (Å²) in [6, 6.07) is 10.9. The van der Waals surface area contributed by atoms with E-state index >= 15 is 0 Å².